The first-order valence-electron chi connectivity index (χ1n) is 9.50. The van der Waals surface area contributed by atoms with Gasteiger partial charge in [0, 0.05) is 38.5 Å². The van der Waals surface area contributed by atoms with Crippen molar-refractivity contribution in [2.24, 2.45) is 16.6 Å². The quantitative estimate of drug-likeness (QED) is 0.590. The van der Waals surface area contributed by atoms with Crippen molar-refractivity contribution in [1.29, 1.82) is 0 Å². The van der Waals surface area contributed by atoms with Gasteiger partial charge in [-0.15, -0.1) is 0 Å². The molecule has 1 aliphatic rings. The van der Waals surface area contributed by atoms with E-state index < -0.39 is 0 Å². The lowest BCUT2D eigenvalue weighted by atomic mass is 9.94. The molecule has 0 radical (unpaired) electrons. The second kappa shape index (κ2) is 10.1. The fourth-order valence-corrected chi connectivity index (χ4v) is 3.53. The third kappa shape index (κ3) is 6.07. The number of nitrogens with one attached hydrogen (secondary N) is 1. The molecule has 1 saturated heterocycles. The molecule has 0 aromatic heterocycles. The van der Waals surface area contributed by atoms with Gasteiger partial charge < -0.3 is 16.0 Å². The molecule has 0 spiro atoms. The number of amides is 1. The summed E-state index contributed by atoms with van der Waals surface area (Å²) in [5, 5.41) is 3.42. The number of rotatable bonds is 7. The normalized spacial score (nSPS) is 19.5. The number of aliphatic imine (C=N–C) groups is 1. The summed E-state index contributed by atoms with van der Waals surface area (Å²) in [6.45, 7) is 7.77. The molecule has 25 heavy (non-hydrogen) atoms. The summed E-state index contributed by atoms with van der Waals surface area (Å²) in [5.74, 6) is 1.53. The molecule has 1 aliphatic heterocycles. The summed E-state index contributed by atoms with van der Waals surface area (Å²) < 4.78 is 0. The van der Waals surface area contributed by atoms with Crippen LogP contribution in [-0.4, -0.2) is 42.9 Å². The van der Waals surface area contributed by atoms with E-state index in [0.717, 1.165) is 51.4 Å². The first-order valence-corrected chi connectivity index (χ1v) is 9.50. The number of guanidine groups is 1. The van der Waals surface area contributed by atoms with E-state index in [4.69, 9.17) is 10.7 Å². The number of carbonyl (C=O) groups excluding carboxylic acids is 1. The number of likely N-dealkylation sites (tertiary alicyclic amines) is 1. The van der Waals surface area contributed by atoms with Crippen LogP contribution in [-0.2, 0) is 4.79 Å². The van der Waals surface area contributed by atoms with Gasteiger partial charge in [0.1, 0.15) is 0 Å². The van der Waals surface area contributed by atoms with E-state index in [1.165, 1.54) is 5.56 Å². The molecule has 0 aliphatic carbocycles. The van der Waals surface area contributed by atoms with E-state index in [-0.39, 0.29) is 5.91 Å². The minimum absolute atomic E-state index is 0.205. The molecule has 5 heteroatoms. The van der Waals surface area contributed by atoms with E-state index >= 15 is 0 Å². The molecule has 2 rings (SSSR count). The molecule has 1 fully saturated rings. The van der Waals surface area contributed by atoms with Gasteiger partial charge in [0.25, 0.3) is 0 Å². The van der Waals surface area contributed by atoms with E-state index in [2.05, 4.69) is 54.4 Å². The van der Waals surface area contributed by atoms with Crippen LogP contribution in [0.1, 0.15) is 51.0 Å². The van der Waals surface area contributed by atoms with Gasteiger partial charge in [-0.1, -0.05) is 37.3 Å². The summed E-state index contributed by atoms with van der Waals surface area (Å²) >= 11 is 0. The highest BCUT2D eigenvalue weighted by Gasteiger charge is 2.23. The maximum atomic E-state index is 11.2. The maximum Gasteiger partial charge on any atom is 0.217 e. The molecule has 3 N–H and O–H groups in total. The molecule has 1 heterocycles. The number of nitrogens with two attached hydrogens (primary N) is 1. The van der Waals surface area contributed by atoms with Crippen molar-refractivity contribution in [2.75, 3.05) is 26.2 Å². The van der Waals surface area contributed by atoms with Crippen molar-refractivity contribution in [1.82, 2.24) is 10.2 Å². The van der Waals surface area contributed by atoms with E-state index in [9.17, 15) is 4.79 Å². The maximum absolute atomic E-state index is 11.2. The number of benzene rings is 1. The summed E-state index contributed by atoms with van der Waals surface area (Å²) in [7, 11) is 0. The van der Waals surface area contributed by atoms with Crippen LogP contribution in [0.3, 0.4) is 0 Å². The van der Waals surface area contributed by atoms with Crippen LogP contribution in [0.15, 0.2) is 35.3 Å². The number of primary amides is 1. The van der Waals surface area contributed by atoms with Gasteiger partial charge in [-0.25, -0.2) is 0 Å². The Kier molecular flexibility index (Phi) is 7.76. The molecule has 2 unspecified atom stereocenters. The van der Waals surface area contributed by atoms with Crippen LogP contribution in [0.4, 0.5) is 0 Å². The van der Waals surface area contributed by atoms with Gasteiger partial charge in [-0.2, -0.15) is 0 Å². The molecule has 0 bridgehead atoms. The highest BCUT2D eigenvalue weighted by atomic mass is 16.1. The number of carbonyl (C=O) groups is 1. The highest BCUT2D eigenvalue weighted by Crippen LogP contribution is 2.21. The number of hydrogen-bond acceptors (Lipinski definition) is 2. The molecule has 1 aromatic carbocycles. The van der Waals surface area contributed by atoms with Crippen molar-refractivity contribution in [3.05, 3.63) is 35.9 Å². The van der Waals surface area contributed by atoms with Gasteiger partial charge >= 0.3 is 0 Å². The Morgan fingerprint density at radius 3 is 2.76 bits per heavy atom. The van der Waals surface area contributed by atoms with Crippen molar-refractivity contribution >= 4 is 11.9 Å². The Balaban J connectivity index is 2.05. The molecule has 1 amide bonds. The lowest BCUT2D eigenvalue weighted by molar-refractivity contribution is -0.119. The van der Waals surface area contributed by atoms with Crippen LogP contribution < -0.4 is 11.1 Å². The third-order valence-corrected chi connectivity index (χ3v) is 4.87. The second-order valence-corrected chi connectivity index (χ2v) is 6.84. The first-order chi connectivity index (χ1) is 12.1. The largest absolute Gasteiger partial charge is 0.370 e. The summed E-state index contributed by atoms with van der Waals surface area (Å²) in [6, 6.07) is 10.6. The summed E-state index contributed by atoms with van der Waals surface area (Å²) in [5.41, 5.74) is 6.72. The minimum Gasteiger partial charge on any atom is -0.370 e. The smallest absolute Gasteiger partial charge is 0.217 e. The van der Waals surface area contributed by atoms with Crippen LogP contribution in [0.5, 0.6) is 0 Å². The van der Waals surface area contributed by atoms with Crippen LogP contribution >= 0.6 is 0 Å². The van der Waals surface area contributed by atoms with Crippen molar-refractivity contribution in [3.8, 4) is 0 Å². The Hall–Kier alpha value is -2.04. The SMILES string of the molecule is CCNC(=NCC(CC)c1ccccc1)N1CCCC(CC(N)=O)C1. The van der Waals surface area contributed by atoms with Gasteiger partial charge in [0.2, 0.25) is 5.91 Å². The monoisotopic (exact) mass is 344 g/mol. The number of hydrogen-bond donors (Lipinski definition) is 2. The summed E-state index contributed by atoms with van der Waals surface area (Å²) in [4.78, 5) is 18.4. The Labute approximate surface area is 151 Å². The van der Waals surface area contributed by atoms with E-state index in [0.29, 0.717) is 18.3 Å². The second-order valence-electron chi connectivity index (χ2n) is 6.84. The van der Waals surface area contributed by atoms with Crippen molar-refractivity contribution < 1.29 is 4.79 Å². The van der Waals surface area contributed by atoms with Crippen LogP contribution in [0, 0.1) is 5.92 Å². The van der Waals surface area contributed by atoms with Crippen molar-refractivity contribution in [3.63, 3.8) is 0 Å². The zero-order valence-corrected chi connectivity index (χ0v) is 15.6. The molecular weight excluding hydrogens is 312 g/mol. The van der Waals surface area contributed by atoms with Gasteiger partial charge in [-0.05, 0) is 37.7 Å². The fourth-order valence-electron chi connectivity index (χ4n) is 3.53. The Morgan fingerprint density at radius 2 is 2.12 bits per heavy atom. The van der Waals surface area contributed by atoms with Gasteiger partial charge in [0.05, 0.1) is 0 Å². The third-order valence-electron chi connectivity index (χ3n) is 4.87. The molecular formula is C20H32N4O. The Morgan fingerprint density at radius 1 is 1.36 bits per heavy atom. The van der Waals surface area contributed by atoms with Crippen LogP contribution in [0.25, 0.3) is 0 Å². The van der Waals surface area contributed by atoms with Crippen LogP contribution in [0.2, 0.25) is 0 Å². The lowest BCUT2D eigenvalue weighted by Crippen LogP contribution is -2.47. The summed E-state index contributed by atoms with van der Waals surface area (Å²) in [6.07, 6.45) is 3.69. The van der Waals surface area contributed by atoms with Gasteiger partial charge in [0.15, 0.2) is 5.96 Å². The molecule has 2 atom stereocenters. The Bertz CT molecular complexity index is 558. The first kappa shape index (κ1) is 19.3. The average molecular weight is 345 g/mol. The standard InChI is InChI=1S/C20H32N4O/c1-3-17(18-10-6-5-7-11-18)14-23-20(22-4-2)24-12-8-9-16(15-24)13-19(21)25/h5-7,10-11,16-17H,3-4,8-9,12-15H2,1-2H3,(H2,21,25)(H,22,23). The molecule has 1 aromatic rings. The topological polar surface area (TPSA) is 70.7 Å². The highest BCUT2D eigenvalue weighted by molar-refractivity contribution is 5.80. The van der Waals surface area contributed by atoms with Gasteiger partial charge in [-0.3, -0.25) is 9.79 Å². The zero-order chi connectivity index (χ0) is 18.1. The fraction of sp³-hybridized carbons (Fsp3) is 0.600. The lowest BCUT2D eigenvalue weighted by Gasteiger charge is -2.35. The predicted molar refractivity (Wildman–Crippen MR) is 104 cm³/mol. The molecule has 5 nitrogen and oxygen atoms in total. The van der Waals surface area contributed by atoms with Crippen molar-refractivity contribution in [2.45, 2.75) is 45.4 Å². The number of piperidine rings is 1. The minimum atomic E-state index is -0.205. The molecule has 138 valence electrons. The number of nitrogens with zero attached hydrogens (tertiary/aromatic N) is 2. The molecule has 0 saturated carbocycles. The zero-order valence-electron chi connectivity index (χ0n) is 15.6. The average Bonchev–Trinajstić information content (AvgIpc) is 2.62. The predicted octanol–water partition coefficient (Wildman–Crippen LogP) is 2.73. The van der Waals surface area contributed by atoms with E-state index in [1.807, 2.05) is 0 Å². The van der Waals surface area contributed by atoms with E-state index in [1.54, 1.807) is 0 Å².